The van der Waals surface area contributed by atoms with Crippen LogP contribution in [-0.2, 0) is 10.8 Å². The zero-order valence-electron chi connectivity index (χ0n) is 34.0. The molecule has 0 aromatic heterocycles. The first-order valence-electron chi connectivity index (χ1n) is 21.4. The van der Waals surface area contributed by atoms with Gasteiger partial charge in [0.15, 0.2) is 0 Å². The molecule has 0 N–H and O–H groups in total. The Labute approximate surface area is 340 Å². The van der Waals surface area contributed by atoms with E-state index >= 15 is 0 Å². The average Bonchev–Trinajstić information content (AvgIpc) is 3.61. The SMILES string of the molecule is CC1(C)c2ccccc2-c2c(-c3cccc4c3-c3ccc(N(c5ccc(C6CCCCCCC6)cc5)c5cccc(-c6ccccc6)c5)cc3C4(C)C)cccc21. The molecule has 1 saturated carbocycles. The van der Waals surface area contributed by atoms with Gasteiger partial charge in [-0.25, -0.2) is 0 Å². The summed E-state index contributed by atoms with van der Waals surface area (Å²) in [5.41, 5.74) is 21.0. The van der Waals surface area contributed by atoms with Gasteiger partial charge in [0.1, 0.15) is 0 Å². The summed E-state index contributed by atoms with van der Waals surface area (Å²) in [4.78, 5) is 2.48. The monoisotopic (exact) mass is 739 g/mol. The standard InChI is InChI=1S/C56H53N/c1-55(2)49-27-14-13-24-47(49)53-45(25-16-28-50(53)55)46-26-17-29-51-54(46)48-35-34-44(37-52(48)56(51,3)4)57(43-23-15-22-41(36-43)39-20-11-8-12-21-39)42-32-30-40(31-33-42)38-18-9-6-5-7-10-19-38/h8,11-17,20-38H,5-7,9-10,18-19H2,1-4H3. The van der Waals surface area contributed by atoms with Crippen LogP contribution < -0.4 is 4.90 Å². The van der Waals surface area contributed by atoms with Crippen molar-refractivity contribution in [2.75, 3.05) is 4.90 Å². The van der Waals surface area contributed by atoms with E-state index in [0.717, 1.165) is 0 Å². The molecule has 57 heavy (non-hydrogen) atoms. The largest absolute Gasteiger partial charge is 0.310 e. The molecular weight excluding hydrogens is 687 g/mol. The second-order valence-electron chi connectivity index (χ2n) is 17.9. The molecule has 0 spiro atoms. The first-order chi connectivity index (χ1) is 27.8. The van der Waals surface area contributed by atoms with Crippen LogP contribution in [0.15, 0.2) is 158 Å². The molecule has 0 atom stereocenters. The van der Waals surface area contributed by atoms with Crippen LogP contribution in [-0.4, -0.2) is 0 Å². The quantitative estimate of drug-likeness (QED) is 0.164. The summed E-state index contributed by atoms with van der Waals surface area (Å²) < 4.78 is 0. The predicted molar refractivity (Wildman–Crippen MR) is 242 cm³/mol. The Morgan fingerprint density at radius 3 is 1.60 bits per heavy atom. The number of anilines is 3. The average molecular weight is 740 g/mol. The molecular formula is C56H53N. The third-order valence-corrected chi connectivity index (χ3v) is 13.8. The van der Waals surface area contributed by atoms with Crippen molar-refractivity contribution < 1.29 is 0 Å². The molecule has 282 valence electrons. The molecule has 1 fully saturated rings. The maximum Gasteiger partial charge on any atom is 0.0467 e. The molecule has 0 bridgehead atoms. The molecule has 0 saturated heterocycles. The van der Waals surface area contributed by atoms with Crippen molar-refractivity contribution in [2.24, 2.45) is 0 Å². The molecule has 7 aromatic carbocycles. The van der Waals surface area contributed by atoms with E-state index in [9.17, 15) is 0 Å². The normalized spacial score (nSPS) is 16.5. The lowest BCUT2D eigenvalue weighted by atomic mass is 9.80. The summed E-state index contributed by atoms with van der Waals surface area (Å²) in [7, 11) is 0. The fraction of sp³-hybridized carbons (Fsp3) is 0.250. The van der Waals surface area contributed by atoms with Gasteiger partial charge < -0.3 is 4.90 Å². The third kappa shape index (κ3) is 5.97. The number of fused-ring (bicyclic) bond motifs is 6. The highest BCUT2D eigenvalue weighted by Crippen LogP contribution is 2.57. The Balaban J connectivity index is 1.11. The number of hydrogen-bond donors (Lipinski definition) is 0. The van der Waals surface area contributed by atoms with Crippen LogP contribution in [0.4, 0.5) is 17.1 Å². The Bertz CT molecular complexity index is 2600. The molecule has 0 heterocycles. The summed E-state index contributed by atoms with van der Waals surface area (Å²) >= 11 is 0. The van der Waals surface area contributed by atoms with Crippen LogP contribution in [0.5, 0.6) is 0 Å². The molecule has 1 nitrogen and oxygen atoms in total. The molecule has 3 aliphatic carbocycles. The highest BCUT2D eigenvalue weighted by molar-refractivity contribution is 6.00. The molecule has 0 amide bonds. The van der Waals surface area contributed by atoms with Gasteiger partial charge in [0.2, 0.25) is 0 Å². The van der Waals surface area contributed by atoms with Crippen LogP contribution in [0.2, 0.25) is 0 Å². The van der Waals surface area contributed by atoms with E-state index in [1.54, 1.807) is 0 Å². The fourth-order valence-electron chi connectivity index (χ4n) is 10.7. The Hall–Kier alpha value is -5.66. The molecule has 0 aliphatic heterocycles. The Morgan fingerprint density at radius 2 is 0.895 bits per heavy atom. The van der Waals surface area contributed by atoms with E-state index in [1.807, 2.05) is 0 Å². The summed E-state index contributed by atoms with van der Waals surface area (Å²) in [6.07, 6.45) is 9.45. The van der Waals surface area contributed by atoms with Gasteiger partial charge in [-0.05, 0) is 127 Å². The van der Waals surface area contributed by atoms with Crippen LogP contribution in [0.3, 0.4) is 0 Å². The molecule has 7 aromatic rings. The van der Waals surface area contributed by atoms with Crippen LogP contribution >= 0.6 is 0 Å². The van der Waals surface area contributed by atoms with Gasteiger partial charge in [0, 0.05) is 27.9 Å². The first kappa shape index (κ1) is 35.7. The van der Waals surface area contributed by atoms with E-state index < -0.39 is 0 Å². The lowest BCUT2D eigenvalue weighted by molar-refractivity contribution is 0.455. The van der Waals surface area contributed by atoms with Crippen molar-refractivity contribution in [1.82, 2.24) is 0 Å². The molecule has 0 unspecified atom stereocenters. The van der Waals surface area contributed by atoms with Crippen molar-refractivity contribution in [1.29, 1.82) is 0 Å². The van der Waals surface area contributed by atoms with Gasteiger partial charge in [-0.15, -0.1) is 0 Å². The van der Waals surface area contributed by atoms with Crippen LogP contribution in [0, 0.1) is 0 Å². The summed E-state index contributed by atoms with van der Waals surface area (Å²) in [5, 5.41) is 0. The van der Waals surface area contributed by atoms with Gasteiger partial charge in [0.05, 0.1) is 0 Å². The summed E-state index contributed by atoms with van der Waals surface area (Å²) in [6, 6.07) is 59.8. The second-order valence-corrected chi connectivity index (χ2v) is 17.9. The van der Waals surface area contributed by atoms with Gasteiger partial charge in [-0.1, -0.05) is 181 Å². The van der Waals surface area contributed by atoms with E-state index in [-0.39, 0.29) is 10.8 Å². The van der Waals surface area contributed by atoms with E-state index in [2.05, 4.69) is 190 Å². The number of rotatable bonds is 6. The van der Waals surface area contributed by atoms with Crippen LogP contribution in [0.25, 0.3) is 44.5 Å². The lowest BCUT2D eigenvalue weighted by Gasteiger charge is -2.29. The smallest absolute Gasteiger partial charge is 0.0467 e. The minimum Gasteiger partial charge on any atom is -0.310 e. The van der Waals surface area contributed by atoms with Gasteiger partial charge in [-0.3, -0.25) is 0 Å². The van der Waals surface area contributed by atoms with Crippen molar-refractivity contribution in [3.05, 3.63) is 186 Å². The van der Waals surface area contributed by atoms with Gasteiger partial charge in [-0.2, -0.15) is 0 Å². The van der Waals surface area contributed by atoms with Gasteiger partial charge in [0.25, 0.3) is 0 Å². The van der Waals surface area contributed by atoms with Crippen molar-refractivity contribution in [3.8, 4) is 44.5 Å². The first-order valence-corrected chi connectivity index (χ1v) is 21.4. The highest BCUT2D eigenvalue weighted by atomic mass is 15.1. The Morgan fingerprint density at radius 1 is 0.386 bits per heavy atom. The Kier molecular flexibility index (Phi) is 8.82. The topological polar surface area (TPSA) is 3.24 Å². The minimum atomic E-state index is -0.175. The zero-order valence-corrected chi connectivity index (χ0v) is 34.0. The number of hydrogen-bond acceptors (Lipinski definition) is 1. The second kappa shape index (κ2) is 14.1. The minimum absolute atomic E-state index is 0.0412. The maximum absolute atomic E-state index is 2.49. The zero-order chi connectivity index (χ0) is 38.7. The fourth-order valence-corrected chi connectivity index (χ4v) is 10.7. The molecule has 1 heteroatoms. The lowest BCUT2D eigenvalue weighted by Crippen LogP contribution is -2.16. The van der Waals surface area contributed by atoms with Crippen molar-refractivity contribution >= 4 is 17.1 Å². The number of nitrogens with zero attached hydrogens (tertiary/aromatic N) is 1. The van der Waals surface area contributed by atoms with Crippen molar-refractivity contribution in [3.63, 3.8) is 0 Å². The molecule has 0 radical (unpaired) electrons. The third-order valence-electron chi connectivity index (χ3n) is 13.8. The molecule has 3 aliphatic rings. The van der Waals surface area contributed by atoms with Crippen LogP contribution in [0.1, 0.15) is 106 Å². The summed E-state index contributed by atoms with van der Waals surface area (Å²) in [6.45, 7) is 9.60. The van der Waals surface area contributed by atoms with E-state index in [0.29, 0.717) is 5.92 Å². The van der Waals surface area contributed by atoms with E-state index in [1.165, 1.54) is 134 Å². The van der Waals surface area contributed by atoms with E-state index in [4.69, 9.17) is 0 Å². The van der Waals surface area contributed by atoms with Crippen molar-refractivity contribution in [2.45, 2.75) is 89.4 Å². The molecule has 10 rings (SSSR count). The number of benzene rings is 7. The predicted octanol–water partition coefficient (Wildman–Crippen LogP) is 15.9. The van der Waals surface area contributed by atoms with Gasteiger partial charge >= 0.3 is 0 Å². The summed E-state index contributed by atoms with van der Waals surface area (Å²) in [5.74, 6) is 0.660. The highest BCUT2D eigenvalue weighted by Gasteiger charge is 2.40. The maximum atomic E-state index is 2.49.